The van der Waals surface area contributed by atoms with Crippen LogP contribution in [0.15, 0.2) is 30.5 Å². The number of hydrogen-bond donors (Lipinski definition) is 2. The summed E-state index contributed by atoms with van der Waals surface area (Å²) in [6.07, 6.45) is 3.65. The number of ether oxygens (including phenoxy) is 1. The number of carboxylic acid groups (broad SMARTS) is 1. The molecule has 0 unspecified atom stereocenters. The van der Waals surface area contributed by atoms with Crippen LogP contribution in [0, 0.1) is 22.9 Å². The Kier molecular flexibility index (Phi) is 4.96. The van der Waals surface area contributed by atoms with Crippen molar-refractivity contribution in [3.8, 4) is 5.69 Å². The van der Waals surface area contributed by atoms with Crippen LogP contribution in [0.2, 0.25) is 0 Å². The maximum Gasteiger partial charge on any atom is 0.309 e. The van der Waals surface area contributed by atoms with Gasteiger partial charge in [-0.1, -0.05) is 0 Å². The van der Waals surface area contributed by atoms with Crippen molar-refractivity contribution in [3.63, 3.8) is 0 Å². The number of fused-ring (bicyclic) bond motifs is 2. The molecule has 0 radical (unpaired) electrons. The maximum atomic E-state index is 16.1. The molecule has 2 aromatic heterocycles. The molecule has 0 atom stereocenters. The van der Waals surface area contributed by atoms with Crippen LogP contribution in [0.3, 0.4) is 0 Å². The fourth-order valence-corrected chi connectivity index (χ4v) is 5.94. The summed E-state index contributed by atoms with van der Waals surface area (Å²) >= 11 is 0. The lowest BCUT2D eigenvalue weighted by atomic mass is 9.60. The van der Waals surface area contributed by atoms with E-state index < -0.39 is 28.8 Å². The summed E-state index contributed by atoms with van der Waals surface area (Å²) < 4.78 is 51.7. The minimum absolute atomic E-state index is 0.00758. The quantitative estimate of drug-likeness (QED) is 0.385. The molecular weight excluding hydrogens is 459 g/mol. The van der Waals surface area contributed by atoms with Crippen molar-refractivity contribution in [3.05, 3.63) is 59.2 Å². The number of aromatic nitrogens is 3. The van der Waals surface area contributed by atoms with Crippen LogP contribution in [0.4, 0.5) is 13.2 Å². The van der Waals surface area contributed by atoms with Crippen LogP contribution in [0.1, 0.15) is 55.7 Å². The Balaban J connectivity index is 1.69. The number of benzene rings is 2. The van der Waals surface area contributed by atoms with E-state index >= 15 is 4.39 Å². The minimum atomic E-state index is -0.990. The van der Waals surface area contributed by atoms with E-state index in [0.29, 0.717) is 60.9 Å². The fourth-order valence-electron chi connectivity index (χ4n) is 5.94. The van der Waals surface area contributed by atoms with Gasteiger partial charge >= 0.3 is 5.97 Å². The van der Waals surface area contributed by atoms with Gasteiger partial charge in [0, 0.05) is 47.4 Å². The van der Waals surface area contributed by atoms with Crippen LogP contribution in [0.5, 0.6) is 0 Å². The van der Waals surface area contributed by atoms with Crippen molar-refractivity contribution < 1.29 is 27.8 Å². The molecule has 6 nitrogen and oxygen atoms in total. The second kappa shape index (κ2) is 7.84. The number of carbonyl (C=O) groups is 1. The van der Waals surface area contributed by atoms with Gasteiger partial charge in [-0.2, -0.15) is 5.10 Å². The molecule has 2 aliphatic rings. The summed E-state index contributed by atoms with van der Waals surface area (Å²) in [6.45, 7) is 2.78. The zero-order valence-corrected chi connectivity index (χ0v) is 19.1. The molecule has 3 heterocycles. The lowest BCUT2D eigenvalue weighted by Crippen LogP contribution is -2.40. The van der Waals surface area contributed by atoms with Crippen molar-refractivity contribution in [1.82, 2.24) is 14.8 Å². The fraction of sp³-hybridized carbons (Fsp3) is 0.385. The average Bonchev–Trinajstić information content (AvgIpc) is 3.42. The highest BCUT2D eigenvalue weighted by atomic mass is 19.2. The first-order valence-corrected chi connectivity index (χ1v) is 11.7. The lowest BCUT2D eigenvalue weighted by Gasteiger charge is -2.43. The van der Waals surface area contributed by atoms with E-state index in [9.17, 15) is 18.7 Å². The van der Waals surface area contributed by atoms with Gasteiger partial charge in [0.05, 0.1) is 17.1 Å². The SMILES string of the molecule is C[C@]1(C(=O)O)C[C@H](c2c(C3CCOCC3)n(-c3ccc(F)c(F)c3)c3cc4cn[nH]c4c(F)c32)C1. The van der Waals surface area contributed by atoms with Crippen LogP contribution >= 0.6 is 0 Å². The van der Waals surface area contributed by atoms with Gasteiger partial charge < -0.3 is 14.4 Å². The molecule has 1 saturated carbocycles. The summed E-state index contributed by atoms with van der Waals surface area (Å²) in [5, 5.41) is 17.4. The van der Waals surface area contributed by atoms with Crippen LogP contribution in [0.25, 0.3) is 27.5 Å². The van der Waals surface area contributed by atoms with Gasteiger partial charge in [0.15, 0.2) is 17.5 Å². The normalized spacial score (nSPS) is 23.1. The first-order chi connectivity index (χ1) is 16.8. The van der Waals surface area contributed by atoms with Gasteiger partial charge in [0.25, 0.3) is 0 Å². The zero-order valence-electron chi connectivity index (χ0n) is 19.1. The number of H-pyrrole nitrogens is 1. The Labute approximate surface area is 198 Å². The van der Waals surface area contributed by atoms with Crippen molar-refractivity contribution >= 4 is 27.8 Å². The molecule has 4 aromatic rings. The molecule has 1 aliphatic heterocycles. The number of nitrogens with one attached hydrogen (secondary N) is 1. The molecule has 0 amide bonds. The standard InChI is InChI=1S/C26H24F3N3O3/c1-26(25(33)34)10-15(11-26)20-21-19(8-14-12-30-31-23(14)22(21)29)32(16-2-3-17(27)18(28)9-16)24(20)13-4-6-35-7-5-13/h2-3,8-9,12-13,15H,4-7,10-11H2,1H3,(H,30,31)(H,33,34)/t15-,26-. The molecule has 0 bridgehead atoms. The molecule has 6 rings (SSSR count). The molecule has 9 heteroatoms. The predicted octanol–water partition coefficient (Wildman–Crippen LogP) is 5.79. The third-order valence-corrected chi connectivity index (χ3v) is 7.77. The third kappa shape index (κ3) is 3.28. The van der Waals surface area contributed by atoms with E-state index in [2.05, 4.69) is 10.2 Å². The maximum absolute atomic E-state index is 16.1. The van der Waals surface area contributed by atoms with Gasteiger partial charge in [-0.3, -0.25) is 9.89 Å². The Morgan fingerprint density at radius 1 is 1.14 bits per heavy atom. The van der Waals surface area contributed by atoms with E-state index in [-0.39, 0.29) is 17.4 Å². The van der Waals surface area contributed by atoms with Crippen molar-refractivity contribution in [2.24, 2.45) is 5.41 Å². The monoisotopic (exact) mass is 483 g/mol. The lowest BCUT2D eigenvalue weighted by molar-refractivity contribution is -0.154. The number of halogens is 3. The van der Waals surface area contributed by atoms with E-state index in [4.69, 9.17) is 4.74 Å². The number of hydrogen-bond acceptors (Lipinski definition) is 3. The predicted molar refractivity (Wildman–Crippen MR) is 123 cm³/mol. The third-order valence-electron chi connectivity index (χ3n) is 7.77. The molecule has 1 saturated heterocycles. The number of rotatable bonds is 4. The Bertz CT molecular complexity index is 1480. The highest BCUT2D eigenvalue weighted by Crippen LogP contribution is 2.56. The summed E-state index contributed by atoms with van der Waals surface area (Å²) in [4.78, 5) is 11.8. The van der Waals surface area contributed by atoms with E-state index in [0.717, 1.165) is 23.4 Å². The van der Waals surface area contributed by atoms with Crippen molar-refractivity contribution in [2.45, 2.75) is 44.4 Å². The topological polar surface area (TPSA) is 80.1 Å². The van der Waals surface area contributed by atoms with Crippen molar-refractivity contribution in [1.29, 1.82) is 0 Å². The number of nitrogens with zero attached hydrogens (tertiary/aromatic N) is 2. The molecule has 35 heavy (non-hydrogen) atoms. The minimum Gasteiger partial charge on any atom is -0.481 e. The number of aromatic amines is 1. The highest BCUT2D eigenvalue weighted by Gasteiger charge is 2.49. The largest absolute Gasteiger partial charge is 0.481 e. The van der Waals surface area contributed by atoms with Gasteiger partial charge in [-0.15, -0.1) is 0 Å². The average molecular weight is 483 g/mol. The van der Waals surface area contributed by atoms with Gasteiger partial charge in [0.2, 0.25) is 0 Å². The van der Waals surface area contributed by atoms with Crippen LogP contribution in [-0.2, 0) is 9.53 Å². The van der Waals surface area contributed by atoms with Gasteiger partial charge in [-0.25, -0.2) is 13.2 Å². The highest BCUT2D eigenvalue weighted by molar-refractivity contribution is 6.00. The second-order valence-corrected chi connectivity index (χ2v) is 10.0. The zero-order chi connectivity index (χ0) is 24.5. The van der Waals surface area contributed by atoms with Gasteiger partial charge in [0.1, 0.15) is 5.52 Å². The summed E-state index contributed by atoms with van der Waals surface area (Å²) in [6, 6.07) is 5.49. The summed E-state index contributed by atoms with van der Waals surface area (Å²) in [5.74, 6) is -3.48. The first kappa shape index (κ1) is 22.2. The van der Waals surface area contributed by atoms with E-state index in [1.54, 1.807) is 13.0 Å². The van der Waals surface area contributed by atoms with Gasteiger partial charge in [-0.05, 0) is 62.3 Å². The Morgan fingerprint density at radius 2 is 1.89 bits per heavy atom. The Hall–Kier alpha value is -3.33. The van der Waals surface area contributed by atoms with Crippen LogP contribution in [-0.4, -0.2) is 39.1 Å². The molecular formula is C26H24F3N3O3. The smallest absolute Gasteiger partial charge is 0.309 e. The summed E-state index contributed by atoms with van der Waals surface area (Å²) in [5.41, 5.74) is 1.88. The summed E-state index contributed by atoms with van der Waals surface area (Å²) in [7, 11) is 0. The van der Waals surface area contributed by atoms with E-state index in [1.807, 2.05) is 4.57 Å². The Morgan fingerprint density at radius 3 is 2.57 bits per heavy atom. The molecule has 182 valence electrons. The van der Waals surface area contributed by atoms with Crippen molar-refractivity contribution in [2.75, 3.05) is 13.2 Å². The first-order valence-electron chi connectivity index (χ1n) is 11.7. The number of carboxylic acids is 1. The van der Waals surface area contributed by atoms with Crippen LogP contribution < -0.4 is 0 Å². The molecule has 2 fully saturated rings. The molecule has 2 aromatic carbocycles. The molecule has 0 spiro atoms. The second-order valence-electron chi connectivity index (χ2n) is 10.0. The van der Waals surface area contributed by atoms with E-state index in [1.165, 1.54) is 12.3 Å². The molecule has 2 N–H and O–H groups in total. The number of aliphatic carboxylic acids is 1. The molecule has 1 aliphatic carbocycles.